The van der Waals surface area contributed by atoms with Crippen LogP contribution >= 0.6 is 0 Å². The van der Waals surface area contributed by atoms with Crippen LogP contribution in [-0.2, 0) is 27.2 Å². The van der Waals surface area contributed by atoms with Crippen molar-refractivity contribution in [1.82, 2.24) is 5.32 Å². The Morgan fingerprint density at radius 1 is 1.03 bits per heavy atom. The molecule has 0 radical (unpaired) electrons. The Balaban J connectivity index is 1.53. The molecule has 0 spiro atoms. The average molecular weight is 407 g/mol. The normalized spacial score (nSPS) is 10.8. The summed E-state index contributed by atoms with van der Waals surface area (Å²) in [6.45, 7) is 5.69. The number of nitrogens with one attached hydrogen (secondary N) is 1. The predicted molar refractivity (Wildman–Crippen MR) is 114 cm³/mol. The fraction of sp³-hybridized carbons (Fsp3) is 0.292. The number of carbonyl (C=O) groups is 3. The number of aryl methyl sites for hydroxylation is 2. The molecule has 0 saturated heterocycles. The first-order valence-corrected chi connectivity index (χ1v) is 9.83. The summed E-state index contributed by atoms with van der Waals surface area (Å²) in [4.78, 5) is 35.4. The fourth-order valence-corrected chi connectivity index (χ4v) is 3.20. The number of ketones is 1. The van der Waals surface area contributed by atoms with E-state index >= 15 is 0 Å². The van der Waals surface area contributed by atoms with Gasteiger partial charge in [-0.15, -0.1) is 0 Å². The highest BCUT2D eigenvalue weighted by molar-refractivity contribution is 5.98. The summed E-state index contributed by atoms with van der Waals surface area (Å²) in [5.74, 6) is -0.811. The number of hydrogen-bond donors (Lipinski definition) is 1. The molecule has 0 aliphatic heterocycles. The maximum atomic E-state index is 12.3. The summed E-state index contributed by atoms with van der Waals surface area (Å²) >= 11 is 0. The van der Waals surface area contributed by atoms with Crippen molar-refractivity contribution in [3.05, 3.63) is 70.5 Å². The highest BCUT2D eigenvalue weighted by Gasteiger charge is 2.15. The van der Waals surface area contributed by atoms with Crippen molar-refractivity contribution in [3.8, 4) is 0 Å². The van der Waals surface area contributed by atoms with Gasteiger partial charge in [-0.1, -0.05) is 36.4 Å². The van der Waals surface area contributed by atoms with Crippen molar-refractivity contribution < 1.29 is 23.5 Å². The lowest BCUT2D eigenvalue weighted by atomic mass is 10.0. The van der Waals surface area contributed by atoms with Crippen molar-refractivity contribution in [2.24, 2.45) is 0 Å². The third kappa shape index (κ3) is 5.14. The molecule has 0 atom stereocenters. The average Bonchev–Trinajstić information content (AvgIpc) is 3.12. The molecule has 1 heterocycles. The second-order valence-corrected chi connectivity index (χ2v) is 7.34. The third-order valence-corrected chi connectivity index (χ3v) is 5.10. The van der Waals surface area contributed by atoms with Crippen LogP contribution in [0.15, 0.2) is 47.1 Å². The molecule has 3 rings (SSSR count). The zero-order valence-electron chi connectivity index (χ0n) is 17.4. The number of benzene rings is 2. The van der Waals surface area contributed by atoms with Crippen LogP contribution in [0.2, 0.25) is 0 Å². The number of esters is 1. The molecule has 156 valence electrons. The van der Waals surface area contributed by atoms with Gasteiger partial charge in [0.1, 0.15) is 5.58 Å². The molecule has 6 heteroatoms. The minimum absolute atomic E-state index is 0.0465. The second kappa shape index (κ2) is 9.39. The van der Waals surface area contributed by atoms with Crippen molar-refractivity contribution in [2.75, 3.05) is 13.2 Å². The standard InChI is InChI=1S/C24H25NO5/c1-15-4-9-21-20(13-30-24(21)16(15)2)12-23(28)29-14-22(27)19-7-5-18(6-8-19)10-11-25-17(3)26/h4-9,13H,10-12,14H2,1-3H3,(H,25,26). The number of hydrogen-bond acceptors (Lipinski definition) is 5. The van der Waals surface area contributed by atoms with E-state index in [0.29, 0.717) is 18.5 Å². The van der Waals surface area contributed by atoms with E-state index in [1.807, 2.05) is 38.1 Å². The molecule has 1 amide bonds. The van der Waals surface area contributed by atoms with E-state index in [2.05, 4.69) is 5.32 Å². The Hall–Kier alpha value is -3.41. The van der Waals surface area contributed by atoms with E-state index < -0.39 is 5.97 Å². The Morgan fingerprint density at radius 3 is 2.47 bits per heavy atom. The molecular weight excluding hydrogens is 382 g/mol. The van der Waals surface area contributed by atoms with Gasteiger partial charge in [0.2, 0.25) is 5.91 Å². The summed E-state index contributed by atoms with van der Waals surface area (Å²) in [7, 11) is 0. The molecule has 1 aromatic heterocycles. The van der Waals surface area contributed by atoms with E-state index in [1.54, 1.807) is 18.4 Å². The van der Waals surface area contributed by atoms with Crippen molar-refractivity contribution in [1.29, 1.82) is 0 Å². The van der Waals surface area contributed by atoms with Crippen LogP contribution < -0.4 is 5.32 Å². The molecule has 0 aliphatic carbocycles. The minimum atomic E-state index is -0.476. The van der Waals surface area contributed by atoms with Gasteiger partial charge in [-0.05, 0) is 37.0 Å². The largest absolute Gasteiger partial charge is 0.464 e. The smallest absolute Gasteiger partial charge is 0.310 e. The summed E-state index contributed by atoms with van der Waals surface area (Å²) in [6, 6.07) is 11.0. The number of ether oxygens (including phenoxy) is 1. The van der Waals surface area contributed by atoms with Gasteiger partial charge in [0.15, 0.2) is 12.4 Å². The zero-order valence-corrected chi connectivity index (χ0v) is 17.4. The zero-order chi connectivity index (χ0) is 21.7. The summed E-state index contributed by atoms with van der Waals surface area (Å²) in [6.07, 6.45) is 2.30. The molecule has 1 N–H and O–H groups in total. The number of fused-ring (bicyclic) bond motifs is 1. The topological polar surface area (TPSA) is 85.6 Å². The number of carbonyl (C=O) groups excluding carboxylic acids is 3. The number of amides is 1. The van der Waals surface area contributed by atoms with E-state index in [0.717, 1.165) is 33.2 Å². The summed E-state index contributed by atoms with van der Waals surface area (Å²) < 4.78 is 10.8. The molecule has 0 saturated carbocycles. The number of furan rings is 1. The van der Waals surface area contributed by atoms with Gasteiger partial charge in [-0.3, -0.25) is 14.4 Å². The summed E-state index contributed by atoms with van der Waals surface area (Å²) in [5, 5.41) is 3.61. The van der Waals surface area contributed by atoms with Crippen LogP contribution in [0, 0.1) is 13.8 Å². The predicted octanol–water partition coefficient (Wildman–Crippen LogP) is 3.70. The maximum Gasteiger partial charge on any atom is 0.310 e. The van der Waals surface area contributed by atoms with E-state index in [9.17, 15) is 14.4 Å². The van der Waals surface area contributed by atoms with Gasteiger partial charge in [-0.25, -0.2) is 0 Å². The molecule has 2 aromatic carbocycles. The van der Waals surface area contributed by atoms with E-state index in [4.69, 9.17) is 9.15 Å². The molecule has 0 aliphatic rings. The molecule has 0 unspecified atom stereocenters. The lowest BCUT2D eigenvalue weighted by Gasteiger charge is -2.06. The maximum absolute atomic E-state index is 12.3. The van der Waals surface area contributed by atoms with Crippen molar-refractivity contribution in [2.45, 2.75) is 33.6 Å². The number of Topliss-reactive ketones (excluding diaryl/α,β-unsaturated/α-hetero) is 1. The highest BCUT2D eigenvalue weighted by atomic mass is 16.5. The Bertz CT molecular complexity index is 1080. The molecule has 3 aromatic rings. The van der Waals surface area contributed by atoms with Gasteiger partial charge < -0.3 is 14.5 Å². The van der Waals surface area contributed by atoms with Crippen LogP contribution in [0.4, 0.5) is 0 Å². The van der Waals surface area contributed by atoms with Gasteiger partial charge in [0.05, 0.1) is 12.7 Å². The quantitative estimate of drug-likeness (QED) is 0.455. The highest BCUT2D eigenvalue weighted by Crippen LogP contribution is 2.26. The lowest BCUT2D eigenvalue weighted by Crippen LogP contribution is -2.22. The van der Waals surface area contributed by atoms with Gasteiger partial charge in [0, 0.05) is 30.0 Å². The number of rotatable bonds is 8. The van der Waals surface area contributed by atoms with Crippen LogP contribution in [0.1, 0.15) is 39.5 Å². The Morgan fingerprint density at radius 2 is 1.77 bits per heavy atom. The minimum Gasteiger partial charge on any atom is -0.464 e. The van der Waals surface area contributed by atoms with Crippen LogP contribution in [0.3, 0.4) is 0 Å². The molecule has 0 bridgehead atoms. The molecule has 0 fully saturated rings. The first kappa shape index (κ1) is 21.3. The Labute approximate surface area is 175 Å². The Kier molecular flexibility index (Phi) is 6.67. The van der Waals surface area contributed by atoms with E-state index in [-0.39, 0.29) is 24.7 Å². The SMILES string of the molecule is CC(=O)NCCc1ccc(C(=O)COC(=O)Cc2coc3c(C)c(C)ccc23)cc1. The fourth-order valence-electron chi connectivity index (χ4n) is 3.20. The lowest BCUT2D eigenvalue weighted by molar-refractivity contribution is -0.141. The first-order chi connectivity index (χ1) is 14.3. The first-order valence-electron chi connectivity index (χ1n) is 9.83. The van der Waals surface area contributed by atoms with E-state index in [1.165, 1.54) is 6.92 Å². The van der Waals surface area contributed by atoms with Crippen molar-refractivity contribution >= 4 is 28.6 Å². The third-order valence-electron chi connectivity index (χ3n) is 5.10. The monoisotopic (exact) mass is 407 g/mol. The van der Waals surface area contributed by atoms with Gasteiger partial charge in [-0.2, -0.15) is 0 Å². The summed E-state index contributed by atoms with van der Waals surface area (Å²) in [5.41, 5.74) is 5.17. The molecule has 6 nitrogen and oxygen atoms in total. The second-order valence-electron chi connectivity index (χ2n) is 7.34. The van der Waals surface area contributed by atoms with Crippen LogP contribution in [0.25, 0.3) is 11.0 Å². The van der Waals surface area contributed by atoms with Crippen LogP contribution in [-0.4, -0.2) is 30.8 Å². The molecular formula is C24H25NO5. The van der Waals surface area contributed by atoms with Gasteiger partial charge in [0.25, 0.3) is 0 Å². The van der Waals surface area contributed by atoms with Gasteiger partial charge >= 0.3 is 5.97 Å². The van der Waals surface area contributed by atoms with Crippen LogP contribution in [0.5, 0.6) is 0 Å². The van der Waals surface area contributed by atoms with Crippen molar-refractivity contribution in [3.63, 3.8) is 0 Å². The molecule has 30 heavy (non-hydrogen) atoms.